The lowest BCUT2D eigenvalue weighted by molar-refractivity contribution is 0.640. The van der Waals surface area contributed by atoms with Crippen LogP contribution in [0, 0.1) is 20.8 Å². The summed E-state index contributed by atoms with van der Waals surface area (Å²) >= 11 is 0. The fourth-order valence-electron chi connectivity index (χ4n) is 4.09. The molecule has 0 spiro atoms. The van der Waals surface area contributed by atoms with Crippen molar-refractivity contribution in [2.24, 2.45) is 0 Å². The van der Waals surface area contributed by atoms with Crippen LogP contribution in [0.25, 0.3) is 16.9 Å². The summed E-state index contributed by atoms with van der Waals surface area (Å²) in [7, 11) is 0. The summed E-state index contributed by atoms with van der Waals surface area (Å²) in [5.74, 6) is 0. The molecule has 0 saturated carbocycles. The van der Waals surface area contributed by atoms with Crippen molar-refractivity contribution in [3.05, 3.63) is 65.1 Å². The Kier molecular flexibility index (Phi) is 3.84. The van der Waals surface area contributed by atoms with Crippen LogP contribution in [0.3, 0.4) is 0 Å². The molecule has 0 fully saturated rings. The summed E-state index contributed by atoms with van der Waals surface area (Å²) in [5.41, 5.74) is 9.46. The first-order valence-electron chi connectivity index (χ1n) is 9.10. The van der Waals surface area contributed by atoms with Crippen molar-refractivity contribution in [2.75, 3.05) is 0 Å². The van der Waals surface area contributed by atoms with Gasteiger partial charge in [0, 0.05) is 34.9 Å². The van der Waals surface area contributed by atoms with E-state index < -0.39 is 0 Å². The summed E-state index contributed by atoms with van der Waals surface area (Å²) in [6, 6.07) is 15.8. The standard InChI is InChI=1S/C22H26N2/c1-16-8-10-20(11-9-16)24-17(2)15-21(18(24)3)22-13-12-19-7-5-4-6-14-23(19)22/h8-13,15H,4-7,14H2,1-3H3. The average molecular weight is 318 g/mol. The number of hydrogen-bond donors (Lipinski definition) is 0. The number of aromatic nitrogens is 2. The first-order chi connectivity index (χ1) is 11.6. The van der Waals surface area contributed by atoms with Gasteiger partial charge in [-0.1, -0.05) is 24.1 Å². The summed E-state index contributed by atoms with van der Waals surface area (Å²) in [4.78, 5) is 0. The third kappa shape index (κ3) is 2.50. The Bertz CT molecular complexity index is 862. The molecular formula is C22H26N2. The van der Waals surface area contributed by atoms with Crippen molar-refractivity contribution in [1.29, 1.82) is 0 Å². The maximum absolute atomic E-state index is 2.55. The molecule has 0 radical (unpaired) electrons. The lowest BCUT2D eigenvalue weighted by Crippen LogP contribution is -2.03. The van der Waals surface area contributed by atoms with Crippen molar-refractivity contribution < 1.29 is 0 Å². The van der Waals surface area contributed by atoms with E-state index >= 15 is 0 Å². The summed E-state index contributed by atoms with van der Waals surface area (Å²) < 4.78 is 4.93. The topological polar surface area (TPSA) is 9.86 Å². The Balaban J connectivity index is 1.82. The molecule has 0 atom stereocenters. The minimum atomic E-state index is 1.16. The van der Waals surface area contributed by atoms with E-state index in [1.165, 1.54) is 65.3 Å². The molecule has 3 heterocycles. The molecule has 24 heavy (non-hydrogen) atoms. The Labute approximate surface area is 144 Å². The van der Waals surface area contributed by atoms with Crippen LogP contribution in [0.15, 0.2) is 42.5 Å². The van der Waals surface area contributed by atoms with E-state index in [4.69, 9.17) is 0 Å². The smallest absolute Gasteiger partial charge is 0.0500 e. The molecule has 0 amide bonds. The van der Waals surface area contributed by atoms with Crippen molar-refractivity contribution >= 4 is 0 Å². The first kappa shape index (κ1) is 15.3. The molecule has 0 unspecified atom stereocenters. The predicted molar refractivity (Wildman–Crippen MR) is 101 cm³/mol. The van der Waals surface area contributed by atoms with E-state index in [-0.39, 0.29) is 0 Å². The SMILES string of the molecule is Cc1ccc(-n2c(C)cc(-c3ccc4n3CCCCC4)c2C)cc1. The lowest BCUT2D eigenvalue weighted by Gasteiger charge is -2.12. The van der Waals surface area contributed by atoms with Gasteiger partial charge in [-0.3, -0.25) is 0 Å². The van der Waals surface area contributed by atoms with Crippen LogP contribution in [0.2, 0.25) is 0 Å². The van der Waals surface area contributed by atoms with E-state index in [1.807, 2.05) is 0 Å². The Morgan fingerprint density at radius 3 is 2.42 bits per heavy atom. The molecule has 0 bridgehead atoms. The van der Waals surface area contributed by atoms with Gasteiger partial charge in [-0.25, -0.2) is 0 Å². The normalized spacial score (nSPS) is 14.5. The predicted octanol–water partition coefficient (Wildman–Crippen LogP) is 5.60. The number of nitrogens with zero attached hydrogens (tertiary/aromatic N) is 2. The monoisotopic (exact) mass is 318 g/mol. The fourth-order valence-corrected chi connectivity index (χ4v) is 4.09. The van der Waals surface area contributed by atoms with Gasteiger partial charge in [-0.2, -0.15) is 0 Å². The molecule has 3 aromatic rings. The van der Waals surface area contributed by atoms with E-state index in [0.29, 0.717) is 0 Å². The van der Waals surface area contributed by atoms with Gasteiger partial charge in [0.1, 0.15) is 0 Å². The Morgan fingerprint density at radius 1 is 0.833 bits per heavy atom. The second-order valence-corrected chi connectivity index (χ2v) is 7.13. The molecule has 1 aromatic carbocycles. The maximum atomic E-state index is 2.55. The van der Waals surface area contributed by atoms with Gasteiger partial charge >= 0.3 is 0 Å². The molecular weight excluding hydrogens is 292 g/mol. The fraction of sp³-hybridized carbons (Fsp3) is 0.364. The number of hydrogen-bond acceptors (Lipinski definition) is 0. The molecule has 2 aromatic heterocycles. The van der Waals surface area contributed by atoms with Gasteiger partial charge in [0.05, 0.1) is 5.69 Å². The number of aryl methyl sites for hydroxylation is 3. The van der Waals surface area contributed by atoms with Crippen LogP contribution in [0.4, 0.5) is 0 Å². The summed E-state index contributed by atoms with van der Waals surface area (Å²) in [6.45, 7) is 7.76. The van der Waals surface area contributed by atoms with Gasteiger partial charge < -0.3 is 9.13 Å². The Hall–Kier alpha value is -2.22. The average Bonchev–Trinajstić information content (AvgIpc) is 2.99. The summed E-state index contributed by atoms with van der Waals surface area (Å²) in [6.07, 6.45) is 5.19. The number of fused-ring (bicyclic) bond motifs is 1. The second-order valence-electron chi connectivity index (χ2n) is 7.13. The van der Waals surface area contributed by atoms with Crippen LogP contribution < -0.4 is 0 Å². The maximum Gasteiger partial charge on any atom is 0.0500 e. The van der Waals surface area contributed by atoms with Crippen molar-refractivity contribution in [3.63, 3.8) is 0 Å². The van der Waals surface area contributed by atoms with E-state index in [1.54, 1.807) is 0 Å². The molecule has 0 aliphatic carbocycles. The quantitative estimate of drug-likeness (QED) is 0.582. The molecule has 2 nitrogen and oxygen atoms in total. The second kappa shape index (κ2) is 6.01. The molecule has 2 heteroatoms. The molecule has 1 aliphatic heterocycles. The lowest BCUT2D eigenvalue weighted by atomic mass is 10.1. The van der Waals surface area contributed by atoms with Crippen LogP contribution >= 0.6 is 0 Å². The van der Waals surface area contributed by atoms with Gasteiger partial charge in [0.2, 0.25) is 0 Å². The van der Waals surface area contributed by atoms with Crippen LogP contribution in [0.1, 0.15) is 41.9 Å². The van der Waals surface area contributed by atoms with E-state index in [9.17, 15) is 0 Å². The van der Waals surface area contributed by atoms with Crippen molar-refractivity contribution in [2.45, 2.75) is 53.0 Å². The van der Waals surface area contributed by atoms with E-state index in [0.717, 1.165) is 6.54 Å². The third-order valence-corrected chi connectivity index (χ3v) is 5.38. The minimum Gasteiger partial charge on any atom is -0.345 e. The molecule has 1 aliphatic rings. The minimum absolute atomic E-state index is 1.16. The molecule has 0 saturated heterocycles. The largest absolute Gasteiger partial charge is 0.345 e. The van der Waals surface area contributed by atoms with Gasteiger partial charge in [0.15, 0.2) is 0 Å². The molecule has 4 rings (SSSR count). The van der Waals surface area contributed by atoms with Crippen LogP contribution in [-0.4, -0.2) is 9.13 Å². The molecule has 0 N–H and O–H groups in total. The third-order valence-electron chi connectivity index (χ3n) is 5.38. The van der Waals surface area contributed by atoms with Crippen molar-refractivity contribution in [1.82, 2.24) is 9.13 Å². The summed E-state index contributed by atoms with van der Waals surface area (Å²) in [5, 5.41) is 0. The zero-order chi connectivity index (χ0) is 16.7. The van der Waals surface area contributed by atoms with Crippen molar-refractivity contribution in [3.8, 4) is 16.9 Å². The highest BCUT2D eigenvalue weighted by molar-refractivity contribution is 5.67. The van der Waals surface area contributed by atoms with Crippen LogP contribution in [0.5, 0.6) is 0 Å². The zero-order valence-electron chi connectivity index (χ0n) is 15.0. The number of rotatable bonds is 2. The van der Waals surface area contributed by atoms with Gasteiger partial charge in [-0.05, 0) is 70.4 Å². The zero-order valence-corrected chi connectivity index (χ0v) is 15.0. The highest BCUT2D eigenvalue weighted by Gasteiger charge is 2.18. The van der Waals surface area contributed by atoms with E-state index in [2.05, 4.69) is 72.4 Å². The van der Waals surface area contributed by atoms with Crippen LogP contribution in [-0.2, 0) is 13.0 Å². The first-order valence-corrected chi connectivity index (χ1v) is 9.10. The number of benzene rings is 1. The highest BCUT2D eigenvalue weighted by atomic mass is 15.0. The van der Waals surface area contributed by atoms with Gasteiger partial charge in [0.25, 0.3) is 0 Å². The molecule has 124 valence electrons. The highest BCUT2D eigenvalue weighted by Crippen LogP contribution is 2.32. The Morgan fingerprint density at radius 2 is 1.62 bits per heavy atom. The van der Waals surface area contributed by atoms with Gasteiger partial charge in [-0.15, -0.1) is 0 Å².